The maximum atomic E-state index is 12.7. The standard InChI is InChI=1S/C20H22O2/c1-19-7-5-12(21)9-11(19)3-4-13-16(19)6-8-20(2)17(13)14-10-15(14)18(20)22/h3-4,6,9,13-15,17H,5,7-8,10H2,1-2H3/t13-,14-,15+,17-,19+,20+/m1/s1. The monoisotopic (exact) mass is 294 g/mol. The number of allylic oxidation sites excluding steroid dienone is 6. The molecule has 0 bridgehead atoms. The van der Waals surface area contributed by atoms with E-state index < -0.39 is 0 Å². The molecule has 0 spiro atoms. The van der Waals surface area contributed by atoms with Crippen LogP contribution < -0.4 is 0 Å². The van der Waals surface area contributed by atoms with Gasteiger partial charge >= 0.3 is 0 Å². The molecule has 0 saturated heterocycles. The van der Waals surface area contributed by atoms with Crippen LogP contribution in [0.2, 0.25) is 0 Å². The highest BCUT2D eigenvalue weighted by Crippen LogP contribution is 2.69. The number of hydrogen-bond acceptors (Lipinski definition) is 2. The Labute approximate surface area is 131 Å². The Morgan fingerprint density at radius 2 is 2.05 bits per heavy atom. The molecule has 2 nitrogen and oxygen atoms in total. The van der Waals surface area contributed by atoms with Crippen LogP contribution in [-0.4, -0.2) is 11.6 Å². The minimum Gasteiger partial charge on any atom is -0.299 e. The van der Waals surface area contributed by atoms with Crippen LogP contribution in [0.5, 0.6) is 0 Å². The largest absolute Gasteiger partial charge is 0.299 e. The van der Waals surface area contributed by atoms with Crippen molar-refractivity contribution in [1.82, 2.24) is 0 Å². The molecule has 0 aliphatic heterocycles. The summed E-state index contributed by atoms with van der Waals surface area (Å²) in [7, 11) is 0. The fourth-order valence-electron chi connectivity index (χ4n) is 6.01. The average Bonchev–Trinajstić information content (AvgIpc) is 3.22. The molecule has 0 aromatic rings. The van der Waals surface area contributed by atoms with Crippen LogP contribution in [-0.2, 0) is 9.59 Å². The van der Waals surface area contributed by atoms with Crippen LogP contribution in [0.3, 0.4) is 0 Å². The van der Waals surface area contributed by atoms with Gasteiger partial charge in [-0.15, -0.1) is 0 Å². The van der Waals surface area contributed by atoms with Gasteiger partial charge in [0.2, 0.25) is 0 Å². The van der Waals surface area contributed by atoms with E-state index in [0.29, 0.717) is 35.9 Å². The van der Waals surface area contributed by atoms with Crippen molar-refractivity contribution in [3.63, 3.8) is 0 Å². The van der Waals surface area contributed by atoms with Crippen LogP contribution in [0.15, 0.2) is 35.5 Å². The highest BCUT2D eigenvalue weighted by atomic mass is 16.1. The SMILES string of the molecule is C[C@]12CCC(=O)C=C1C=C[C@@H]1C2=CC[C@]2(C)C(=O)[C@H]3C[C@H]3[C@@H]12. The minimum absolute atomic E-state index is 0.0185. The summed E-state index contributed by atoms with van der Waals surface area (Å²) < 4.78 is 0. The molecule has 5 aliphatic rings. The van der Waals surface area contributed by atoms with Gasteiger partial charge in [0.05, 0.1) is 0 Å². The summed E-state index contributed by atoms with van der Waals surface area (Å²) in [5.74, 6) is 2.67. The Morgan fingerprint density at radius 3 is 2.86 bits per heavy atom. The normalized spacial score (nSPS) is 51.4. The molecule has 0 radical (unpaired) electrons. The number of ketones is 2. The van der Waals surface area contributed by atoms with Gasteiger partial charge in [-0.1, -0.05) is 37.6 Å². The number of Topliss-reactive ketones (excluding diaryl/α,β-unsaturated/α-hetero) is 1. The fraction of sp³-hybridized carbons (Fsp3) is 0.600. The van der Waals surface area contributed by atoms with Crippen molar-refractivity contribution in [3.8, 4) is 0 Å². The molecule has 0 aromatic carbocycles. The van der Waals surface area contributed by atoms with Crippen LogP contribution in [0, 0.1) is 34.5 Å². The summed E-state index contributed by atoms with van der Waals surface area (Å²) in [5, 5.41) is 0. The first-order valence-corrected chi connectivity index (χ1v) is 8.63. The average molecular weight is 294 g/mol. The van der Waals surface area contributed by atoms with E-state index in [0.717, 1.165) is 19.3 Å². The predicted octanol–water partition coefficient (Wildman–Crippen LogP) is 3.64. The molecule has 0 heterocycles. The molecule has 6 atom stereocenters. The van der Waals surface area contributed by atoms with E-state index in [2.05, 4.69) is 32.1 Å². The molecule has 0 amide bonds. The maximum Gasteiger partial charge on any atom is 0.156 e. The molecule has 2 fully saturated rings. The highest BCUT2D eigenvalue weighted by molar-refractivity contribution is 5.94. The van der Waals surface area contributed by atoms with Crippen LogP contribution in [0.25, 0.3) is 0 Å². The lowest BCUT2D eigenvalue weighted by Crippen LogP contribution is -2.44. The van der Waals surface area contributed by atoms with Crippen molar-refractivity contribution in [3.05, 3.63) is 35.5 Å². The molecule has 2 saturated carbocycles. The topological polar surface area (TPSA) is 34.1 Å². The number of carbonyl (C=O) groups excluding carboxylic acids is 2. The van der Waals surface area contributed by atoms with E-state index in [1.54, 1.807) is 0 Å². The van der Waals surface area contributed by atoms with Gasteiger partial charge in [-0.3, -0.25) is 9.59 Å². The lowest BCUT2D eigenvalue weighted by atomic mass is 9.53. The van der Waals surface area contributed by atoms with Crippen molar-refractivity contribution in [2.24, 2.45) is 34.5 Å². The molecule has 5 rings (SSSR count). The van der Waals surface area contributed by atoms with E-state index in [4.69, 9.17) is 0 Å². The maximum absolute atomic E-state index is 12.7. The zero-order valence-corrected chi connectivity index (χ0v) is 13.3. The quantitative estimate of drug-likeness (QED) is 0.639. The minimum atomic E-state index is -0.131. The molecule has 0 N–H and O–H groups in total. The Kier molecular flexibility index (Phi) is 2.20. The van der Waals surface area contributed by atoms with Gasteiger partial charge in [0.25, 0.3) is 0 Å². The first kappa shape index (κ1) is 13.0. The molecule has 114 valence electrons. The lowest BCUT2D eigenvalue weighted by molar-refractivity contribution is -0.129. The van der Waals surface area contributed by atoms with Gasteiger partial charge in [-0.2, -0.15) is 0 Å². The third-order valence-electron chi connectivity index (χ3n) is 7.37. The van der Waals surface area contributed by atoms with Gasteiger partial charge in [0.1, 0.15) is 5.78 Å². The van der Waals surface area contributed by atoms with Crippen molar-refractivity contribution in [2.75, 3.05) is 0 Å². The molecule has 2 heteroatoms. The fourth-order valence-corrected chi connectivity index (χ4v) is 6.01. The zero-order chi connectivity index (χ0) is 15.3. The summed E-state index contributed by atoms with van der Waals surface area (Å²) in [5.41, 5.74) is 2.57. The molecule has 5 aliphatic carbocycles. The summed E-state index contributed by atoms with van der Waals surface area (Å²) >= 11 is 0. The summed E-state index contributed by atoms with van der Waals surface area (Å²) in [6.45, 7) is 4.50. The first-order chi connectivity index (χ1) is 10.4. The molecule has 0 unspecified atom stereocenters. The van der Waals surface area contributed by atoms with Gasteiger partial charge < -0.3 is 0 Å². The lowest BCUT2D eigenvalue weighted by Gasteiger charge is -2.50. The Morgan fingerprint density at radius 1 is 1.23 bits per heavy atom. The van der Waals surface area contributed by atoms with Crippen molar-refractivity contribution in [2.45, 2.75) is 39.5 Å². The van der Waals surface area contributed by atoms with Crippen molar-refractivity contribution < 1.29 is 9.59 Å². The van der Waals surface area contributed by atoms with Gasteiger partial charge in [-0.25, -0.2) is 0 Å². The van der Waals surface area contributed by atoms with Crippen molar-refractivity contribution in [1.29, 1.82) is 0 Å². The predicted molar refractivity (Wildman–Crippen MR) is 84.0 cm³/mol. The smallest absolute Gasteiger partial charge is 0.156 e. The van der Waals surface area contributed by atoms with Crippen LogP contribution in [0.1, 0.15) is 39.5 Å². The first-order valence-electron chi connectivity index (χ1n) is 8.63. The Bertz CT molecular complexity index is 709. The number of rotatable bonds is 0. The summed E-state index contributed by atoms with van der Waals surface area (Å²) in [6, 6.07) is 0. The molecular weight excluding hydrogens is 272 g/mol. The van der Waals surface area contributed by atoms with E-state index in [1.165, 1.54) is 11.1 Å². The van der Waals surface area contributed by atoms with E-state index in [-0.39, 0.29) is 16.6 Å². The second-order valence-electron chi connectivity index (χ2n) is 8.46. The van der Waals surface area contributed by atoms with E-state index in [1.807, 2.05) is 6.08 Å². The van der Waals surface area contributed by atoms with E-state index in [9.17, 15) is 9.59 Å². The number of fused-ring (bicyclic) bond motifs is 7. The second kappa shape index (κ2) is 3.72. The number of hydrogen-bond donors (Lipinski definition) is 0. The summed E-state index contributed by atoms with van der Waals surface area (Å²) in [4.78, 5) is 24.5. The van der Waals surface area contributed by atoms with Gasteiger partial charge in [0.15, 0.2) is 5.78 Å². The third-order valence-corrected chi connectivity index (χ3v) is 7.37. The molecule has 0 aromatic heterocycles. The third kappa shape index (κ3) is 1.33. The summed E-state index contributed by atoms with van der Waals surface area (Å²) in [6.07, 6.45) is 12.3. The van der Waals surface area contributed by atoms with Crippen LogP contribution >= 0.6 is 0 Å². The van der Waals surface area contributed by atoms with Gasteiger partial charge in [0, 0.05) is 29.1 Å². The van der Waals surface area contributed by atoms with Crippen molar-refractivity contribution >= 4 is 11.6 Å². The Balaban J connectivity index is 1.65. The van der Waals surface area contributed by atoms with Crippen LogP contribution in [0.4, 0.5) is 0 Å². The zero-order valence-electron chi connectivity index (χ0n) is 13.3. The van der Waals surface area contributed by atoms with E-state index >= 15 is 0 Å². The Hall–Kier alpha value is -1.44. The number of carbonyl (C=O) groups is 2. The highest BCUT2D eigenvalue weighted by Gasteiger charge is 2.68. The molecular formula is C20H22O2. The molecule has 22 heavy (non-hydrogen) atoms. The second-order valence-corrected chi connectivity index (χ2v) is 8.46. The van der Waals surface area contributed by atoms with Gasteiger partial charge in [-0.05, 0) is 42.7 Å².